The van der Waals surface area contributed by atoms with Gasteiger partial charge in [0.15, 0.2) is 0 Å². The summed E-state index contributed by atoms with van der Waals surface area (Å²) < 4.78 is 29.3. The molecule has 3 amide bonds. The Bertz CT molecular complexity index is 1910. The molecule has 7 rings (SSSR count). The number of carbonyl (C=O) groups is 3. The van der Waals surface area contributed by atoms with Crippen LogP contribution in [0.2, 0.25) is 0 Å². The zero-order chi connectivity index (χ0) is 31.2. The lowest BCUT2D eigenvalue weighted by Gasteiger charge is -2.36. The third-order valence-electron chi connectivity index (χ3n) is 8.99. The molecule has 0 aliphatic carbocycles. The van der Waals surface area contributed by atoms with E-state index in [-0.39, 0.29) is 30.1 Å². The van der Waals surface area contributed by atoms with Gasteiger partial charge in [-0.05, 0) is 71.3 Å². The molecule has 3 aliphatic rings. The van der Waals surface area contributed by atoms with Gasteiger partial charge in [0, 0.05) is 44.5 Å². The summed E-state index contributed by atoms with van der Waals surface area (Å²) in [6.07, 6.45) is 0.881. The zero-order valence-corrected chi connectivity index (χ0v) is 24.4. The maximum absolute atomic E-state index is 14.8. The van der Waals surface area contributed by atoms with E-state index in [2.05, 4.69) is 34.5 Å². The largest absolute Gasteiger partial charge is 0.367 e. The molecule has 0 aromatic heterocycles. The van der Waals surface area contributed by atoms with Gasteiger partial charge in [0.1, 0.15) is 17.7 Å². The summed E-state index contributed by atoms with van der Waals surface area (Å²) in [5.41, 5.74) is 4.66. The number of nitrogens with zero attached hydrogens (tertiary/aromatic N) is 4. The minimum atomic E-state index is -0.827. The van der Waals surface area contributed by atoms with Crippen LogP contribution in [0.1, 0.15) is 45.5 Å². The van der Waals surface area contributed by atoms with E-state index in [9.17, 15) is 23.2 Å². The highest BCUT2D eigenvalue weighted by Gasteiger charge is 2.41. The summed E-state index contributed by atoms with van der Waals surface area (Å²) in [5, 5.41) is 12.6. The van der Waals surface area contributed by atoms with Crippen LogP contribution < -0.4 is 15.1 Å². The number of piperazine rings is 1. The van der Waals surface area contributed by atoms with Crippen molar-refractivity contribution in [1.82, 2.24) is 10.2 Å². The van der Waals surface area contributed by atoms with Crippen molar-refractivity contribution in [1.29, 1.82) is 5.26 Å². The third kappa shape index (κ3) is 5.29. The van der Waals surface area contributed by atoms with Crippen LogP contribution in [0.3, 0.4) is 0 Å². The number of anilines is 2. The summed E-state index contributed by atoms with van der Waals surface area (Å²) in [4.78, 5) is 43.5. The van der Waals surface area contributed by atoms with Crippen LogP contribution in [0.4, 0.5) is 20.2 Å². The van der Waals surface area contributed by atoms with Gasteiger partial charge < -0.3 is 4.90 Å². The standard InChI is InChI=1S/C35H29F2N5O3/c36-25-17-26-24(6-8-30-33(26)27(18-25)35(45)42(30)31-9-10-32(43)39-34(31)44)15-21-1-3-22(4-2-21)20-40-11-13-41(14-12-40)29-7-5-23(19-38)16-28(29)37/h1-8,16-18,31H,9-15,20H2,(H,39,43,44)/t31-/m0/s1. The van der Waals surface area contributed by atoms with Crippen molar-refractivity contribution in [3.8, 4) is 6.07 Å². The molecule has 226 valence electrons. The first kappa shape index (κ1) is 28.6. The number of amides is 3. The topological polar surface area (TPSA) is 96.8 Å². The Kier molecular flexibility index (Phi) is 7.26. The highest BCUT2D eigenvalue weighted by atomic mass is 19.1. The van der Waals surface area contributed by atoms with Crippen molar-refractivity contribution >= 4 is 39.9 Å². The van der Waals surface area contributed by atoms with Crippen molar-refractivity contribution in [3.63, 3.8) is 0 Å². The minimum Gasteiger partial charge on any atom is -0.367 e. The smallest absolute Gasteiger partial charge is 0.259 e. The Balaban J connectivity index is 1.05. The Labute approximate surface area is 258 Å². The summed E-state index contributed by atoms with van der Waals surface area (Å²) in [6.45, 7) is 3.69. The van der Waals surface area contributed by atoms with E-state index in [0.29, 0.717) is 47.2 Å². The molecule has 3 aliphatic heterocycles. The maximum atomic E-state index is 14.8. The Morgan fingerprint density at radius 3 is 2.31 bits per heavy atom. The van der Waals surface area contributed by atoms with E-state index in [1.54, 1.807) is 12.1 Å². The molecular weight excluding hydrogens is 576 g/mol. The number of carbonyl (C=O) groups excluding carboxylic acids is 3. The van der Waals surface area contributed by atoms with Crippen LogP contribution in [-0.2, 0) is 22.6 Å². The predicted octanol–water partition coefficient (Wildman–Crippen LogP) is 4.67. The number of piperidine rings is 1. The highest BCUT2D eigenvalue weighted by molar-refractivity contribution is 6.27. The molecular formula is C35H29F2N5O3. The average molecular weight is 606 g/mol. The van der Waals surface area contributed by atoms with Crippen molar-refractivity contribution in [3.05, 3.63) is 106 Å². The van der Waals surface area contributed by atoms with Crippen molar-refractivity contribution in [2.75, 3.05) is 36.0 Å². The second-order valence-corrected chi connectivity index (χ2v) is 11.8. The number of hydrogen-bond donors (Lipinski definition) is 1. The molecule has 2 fully saturated rings. The highest BCUT2D eigenvalue weighted by Crippen LogP contribution is 2.42. The number of benzene rings is 4. The van der Waals surface area contributed by atoms with Crippen LogP contribution >= 0.6 is 0 Å². The molecule has 4 aromatic carbocycles. The first-order valence-corrected chi connectivity index (χ1v) is 15.0. The number of halogens is 2. The van der Waals surface area contributed by atoms with E-state index < -0.39 is 23.7 Å². The molecule has 0 spiro atoms. The molecule has 45 heavy (non-hydrogen) atoms. The van der Waals surface area contributed by atoms with Crippen LogP contribution in [-0.4, -0.2) is 54.8 Å². The molecule has 0 radical (unpaired) electrons. The van der Waals surface area contributed by atoms with Gasteiger partial charge in [-0.15, -0.1) is 0 Å². The number of rotatable bonds is 6. The van der Waals surface area contributed by atoms with Gasteiger partial charge >= 0.3 is 0 Å². The van der Waals surface area contributed by atoms with E-state index in [1.165, 1.54) is 23.1 Å². The average Bonchev–Trinajstić information content (AvgIpc) is 3.31. The quantitative estimate of drug-likeness (QED) is 0.321. The molecule has 2 saturated heterocycles. The number of nitriles is 1. The zero-order valence-electron chi connectivity index (χ0n) is 24.4. The van der Waals surface area contributed by atoms with E-state index in [1.807, 2.05) is 23.1 Å². The van der Waals surface area contributed by atoms with Gasteiger partial charge in [0.05, 0.1) is 28.6 Å². The molecule has 0 unspecified atom stereocenters. The van der Waals surface area contributed by atoms with Crippen LogP contribution in [0.15, 0.2) is 66.7 Å². The number of nitrogens with one attached hydrogen (secondary N) is 1. The van der Waals surface area contributed by atoms with Crippen LogP contribution in [0, 0.1) is 23.0 Å². The first-order valence-electron chi connectivity index (χ1n) is 15.0. The molecule has 1 atom stereocenters. The van der Waals surface area contributed by atoms with Gasteiger partial charge in [0.2, 0.25) is 11.8 Å². The molecule has 3 heterocycles. The lowest BCUT2D eigenvalue weighted by molar-refractivity contribution is -0.134. The molecule has 4 aromatic rings. The third-order valence-corrected chi connectivity index (χ3v) is 8.99. The van der Waals surface area contributed by atoms with Crippen LogP contribution in [0.25, 0.3) is 10.8 Å². The van der Waals surface area contributed by atoms with E-state index >= 15 is 0 Å². The molecule has 8 nitrogen and oxygen atoms in total. The normalized spacial score (nSPS) is 18.4. The Morgan fingerprint density at radius 1 is 0.867 bits per heavy atom. The molecule has 0 saturated carbocycles. The molecule has 10 heteroatoms. The lowest BCUT2D eigenvalue weighted by Crippen LogP contribution is -2.53. The van der Waals surface area contributed by atoms with Gasteiger partial charge in [0.25, 0.3) is 5.91 Å². The van der Waals surface area contributed by atoms with Gasteiger partial charge in [-0.25, -0.2) is 8.78 Å². The summed E-state index contributed by atoms with van der Waals surface area (Å²) in [6, 6.07) is 20.3. The maximum Gasteiger partial charge on any atom is 0.259 e. The number of hydrogen-bond acceptors (Lipinski definition) is 6. The minimum absolute atomic E-state index is 0.136. The van der Waals surface area contributed by atoms with Crippen molar-refractivity contribution < 1.29 is 23.2 Å². The molecule has 1 N–H and O–H groups in total. The van der Waals surface area contributed by atoms with Gasteiger partial charge in [-0.3, -0.25) is 29.5 Å². The SMILES string of the molecule is N#Cc1ccc(N2CCN(Cc3ccc(Cc4ccc5c6c(cc(F)cc46)C(=O)N5[C@H]4CCC(=O)NC4=O)cc3)CC2)c(F)c1. The fourth-order valence-electron chi connectivity index (χ4n) is 6.71. The van der Waals surface area contributed by atoms with Gasteiger partial charge in [-0.2, -0.15) is 5.26 Å². The van der Waals surface area contributed by atoms with Crippen molar-refractivity contribution in [2.45, 2.75) is 31.8 Å². The van der Waals surface area contributed by atoms with Crippen molar-refractivity contribution in [2.24, 2.45) is 0 Å². The fourth-order valence-corrected chi connectivity index (χ4v) is 6.71. The number of imide groups is 1. The van der Waals surface area contributed by atoms with Gasteiger partial charge in [-0.1, -0.05) is 30.3 Å². The Hall–Kier alpha value is -5.14. The summed E-state index contributed by atoms with van der Waals surface area (Å²) in [5.74, 6) is -2.22. The fraction of sp³-hybridized carbons (Fsp3) is 0.257. The molecule has 0 bridgehead atoms. The van der Waals surface area contributed by atoms with Crippen LogP contribution in [0.5, 0.6) is 0 Å². The Morgan fingerprint density at radius 2 is 1.60 bits per heavy atom. The lowest BCUT2D eigenvalue weighted by atomic mass is 9.95. The first-order chi connectivity index (χ1) is 21.8. The summed E-state index contributed by atoms with van der Waals surface area (Å²) >= 11 is 0. The van der Waals surface area contributed by atoms with E-state index in [0.717, 1.165) is 36.3 Å². The second kappa shape index (κ2) is 11.4. The second-order valence-electron chi connectivity index (χ2n) is 11.8. The monoisotopic (exact) mass is 605 g/mol. The summed E-state index contributed by atoms with van der Waals surface area (Å²) in [7, 11) is 0. The van der Waals surface area contributed by atoms with E-state index in [4.69, 9.17) is 5.26 Å². The predicted molar refractivity (Wildman–Crippen MR) is 165 cm³/mol.